The summed E-state index contributed by atoms with van der Waals surface area (Å²) >= 11 is 5.58. The fourth-order valence-electron chi connectivity index (χ4n) is 0.863. The van der Waals surface area contributed by atoms with Crippen LogP contribution < -0.4 is 5.73 Å². The van der Waals surface area contributed by atoms with Gasteiger partial charge in [0.15, 0.2) is 0 Å². The van der Waals surface area contributed by atoms with Crippen molar-refractivity contribution in [2.24, 2.45) is 5.73 Å². The van der Waals surface area contributed by atoms with Crippen molar-refractivity contribution in [3.63, 3.8) is 0 Å². The standard InChI is InChI=1S/C8H11ClN2O/c1-5(12)8(10)6-2-3-7(9)11-4-6/h2-5,8,12H,10H2,1H3/t5-,8+/m0/s1. The van der Waals surface area contributed by atoms with Gasteiger partial charge in [0.05, 0.1) is 12.1 Å². The first-order chi connectivity index (χ1) is 5.61. The maximum absolute atomic E-state index is 9.16. The predicted molar refractivity (Wildman–Crippen MR) is 47.9 cm³/mol. The molecule has 4 heteroatoms. The van der Waals surface area contributed by atoms with Crippen LogP contribution in [0.5, 0.6) is 0 Å². The van der Waals surface area contributed by atoms with E-state index in [0.717, 1.165) is 5.56 Å². The van der Waals surface area contributed by atoms with Crippen LogP contribution in [0.3, 0.4) is 0 Å². The molecule has 3 nitrogen and oxygen atoms in total. The number of aliphatic hydroxyl groups is 1. The zero-order valence-corrected chi connectivity index (χ0v) is 7.49. The summed E-state index contributed by atoms with van der Waals surface area (Å²) < 4.78 is 0. The number of nitrogens with zero attached hydrogens (tertiary/aromatic N) is 1. The zero-order chi connectivity index (χ0) is 9.14. The monoisotopic (exact) mass is 186 g/mol. The Morgan fingerprint density at radius 1 is 1.58 bits per heavy atom. The van der Waals surface area contributed by atoms with Crippen molar-refractivity contribution >= 4 is 11.6 Å². The molecule has 1 aromatic heterocycles. The highest BCUT2D eigenvalue weighted by atomic mass is 35.5. The molecular formula is C8H11ClN2O. The molecule has 0 bridgehead atoms. The van der Waals surface area contributed by atoms with Gasteiger partial charge in [-0.3, -0.25) is 0 Å². The van der Waals surface area contributed by atoms with Crippen molar-refractivity contribution in [1.82, 2.24) is 4.98 Å². The molecule has 0 spiro atoms. The Balaban J connectivity index is 2.82. The van der Waals surface area contributed by atoms with Gasteiger partial charge in [0, 0.05) is 6.20 Å². The number of aromatic nitrogens is 1. The first-order valence-corrected chi connectivity index (χ1v) is 4.04. The van der Waals surface area contributed by atoms with Crippen molar-refractivity contribution < 1.29 is 5.11 Å². The van der Waals surface area contributed by atoms with Crippen LogP contribution in [0.15, 0.2) is 18.3 Å². The van der Waals surface area contributed by atoms with Crippen molar-refractivity contribution in [3.05, 3.63) is 29.0 Å². The second-order valence-electron chi connectivity index (χ2n) is 2.68. The van der Waals surface area contributed by atoms with E-state index < -0.39 is 12.1 Å². The van der Waals surface area contributed by atoms with Gasteiger partial charge in [0.25, 0.3) is 0 Å². The topological polar surface area (TPSA) is 59.1 Å². The Morgan fingerprint density at radius 2 is 2.25 bits per heavy atom. The Labute approximate surface area is 76.2 Å². The molecule has 3 N–H and O–H groups in total. The number of rotatable bonds is 2. The van der Waals surface area contributed by atoms with E-state index in [0.29, 0.717) is 5.15 Å². The summed E-state index contributed by atoms with van der Waals surface area (Å²) in [7, 11) is 0. The van der Waals surface area contributed by atoms with E-state index in [1.54, 1.807) is 25.3 Å². The van der Waals surface area contributed by atoms with E-state index in [9.17, 15) is 0 Å². The minimum atomic E-state index is -0.576. The lowest BCUT2D eigenvalue weighted by Gasteiger charge is -2.13. The van der Waals surface area contributed by atoms with Gasteiger partial charge in [-0.15, -0.1) is 0 Å². The average molecular weight is 187 g/mol. The molecule has 1 aromatic rings. The van der Waals surface area contributed by atoms with Crippen LogP contribution in [0.2, 0.25) is 5.15 Å². The Kier molecular flexibility index (Phi) is 3.03. The highest BCUT2D eigenvalue weighted by Crippen LogP contribution is 2.14. The zero-order valence-electron chi connectivity index (χ0n) is 6.74. The number of pyridine rings is 1. The lowest BCUT2D eigenvalue weighted by atomic mass is 10.1. The van der Waals surface area contributed by atoms with Crippen LogP contribution in [0.4, 0.5) is 0 Å². The summed E-state index contributed by atoms with van der Waals surface area (Å²) in [6, 6.07) is 3.01. The predicted octanol–water partition coefficient (Wildman–Crippen LogP) is 1.12. The maximum atomic E-state index is 9.16. The van der Waals surface area contributed by atoms with Crippen LogP contribution >= 0.6 is 11.6 Å². The first kappa shape index (κ1) is 9.45. The first-order valence-electron chi connectivity index (χ1n) is 3.66. The Hall–Kier alpha value is -0.640. The third-order valence-electron chi connectivity index (χ3n) is 1.65. The number of hydrogen-bond donors (Lipinski definition) is 2. The van der Waals surface area contributed by atoms with Crippen molar-refractivity contribution in [2.45, 2.75) is 19.1 Å². The fourth-order valence-corrected chi connectivity index (χ4v) is 0.975. The van der Waals surface area contributed by atoms with Crippen LogP contribution in [-0.2, 0) is 0 Å². The van der Waals surface area contributed by atoms with Crippen LogP contribution in [-0.4, -0.2) is 16.2 Å². The quantitative estimate of drug-likeness (QED) is 0.681. The fraction of sp³-hybridized carbons (Fsp3) is 0.375. The summed E-state index contributed by atoms with van der Waals surface area (Å²) in [5, 5.41) is 9.59. The summed E-state index contributed by atoms with van der Waals surface area (Å²) in [6.45, 7) is 1.64. The molecule has 0 fully saturated rings. The molecule has 0 aliphatic rings. The lowest BCUT2D eigenvalue weighted by molar-refractivity contribution is 0.164. The molecule has 12 heavy (non-hydrogen) atoms. The van der Waals surface area contributed by atoms with Crippen molar-refractivity contribution in [2.75, 3.05) is 0 Å². The van der Waals surface area contributed by atoms with Gasteiger partial charge in [0.2, 0.25) is 0 Å². The van der Waals surface area contributed by atoms with Gasteiger partial charge in [-0.25, -0.2) is 4.98 Å². The molecule has 0 unspecified atom stereocenters. The minimum absolute atomic E-state index is 0.394. The SMILES string of the molecule is C[C@H](O)[C@@H](N)c1ccc(Cl)nc1. The molecule has 66 valence electrons. The van der Waals surface area contributed by atoms with E-state index in [1.807, 2.05) is 0 Å². The largest absolute Gasteiger partial charge is 0.391 e. The molecule has 2 atom stereocenters. The number of aliphatic hydroxyl groups excluding tert-OH is 1. The molecular weight excluding hydrogens is 176 g/mol. The molecule has 0 saturated heterocycles. The van der Waals surface area contributed by atoms with Crippen molar-refractivity contribution in [1.29, 1.82) is 0 Å². The highest BCUT2D eigenvalue weighted by molar-refractivity contribution is 6.29. The Bertz CT molecular complexity index is 248. The van der Waals surface area contributed by atoms with Crippen LogP contribution in [0.1, 0.15) is 18.5 Å². The third kappa shape index (κ3) is 2.17. The second-order valence-corrected chi connectivity index (χ2v) is 3.07. The molecule has 0 radical (unpaired) electrons. The van der Waals surface area contributed by atoms with Gasteiger partial charge in [-0.2, -0.15) is 0 Å². The molecule has 0 saturated carbocycles. The van der Waals surface area contributed by atoms with E-state index in [2.05, 4.69) is 4.98 Å². The van der Waals surface area contributed by atoms with E-state index in [4.69, 9.17) is 22.4 Å². The average Bonchev–Trinajstić information content (AvgIpc) is 2.04. The summed E-state index contributed by atoms with van der Waals surface area (Å²) in [6.07, 6.45) is 0.993. The number of hydrogen-bond acceptors (Lipinski definition) is 3. The normalized spacial score (nSPS) is 15.7. The smallest absolute Gasteiger partial charge is 0.129 e. The van der Waals surface area contributed by atoms with E-state index >= 15 is 0 Å². The van der Waals surface area contributed by atoms with Crippen LogP contribution in [0.25, 0.3) is 0 Å². The Morgan fingerprint density at radius 3 is 2.67 bits per heavy atom. The molecule has 0 aliphatic heterocycles. The molecule has 1 heterocycles. The van der Waals surface area contributed by atoms with Gasteiger partial charge in [0.1, 0.15) is 5.15 Å². The van der Waals surface area contributed by atoms with E-state index in [-0.39, 0.29) is 0 Å². The highest BCUT2D eigenvalue weighted by Gasteiger charge is 2.11. The number of halogens is 1. The van der Waals surface area contributed by atoms with Gasteiger partial charge < -0.3 is 10.8 Å². The molecule has 0 amide bonds. The summed E-state index contributed by atoms with van der Waals surface area (Å²) in [4.78, 5) is 3.86. The van der Waals surface area contributed by atoms with Gasteiger partial charge in [-0.05, 0) is 18.6 Å². The molecule has 1 rings (SSSR count). The summed E-state index contributed by atoms with van der Waals surface area (Å²) in [5.74, 6) is 0. The van der Waals surface area contributed by atoms with Crippen molar-refractivity contribution in [3.8, 4) is 0 Å². The lowest BCUT2D eigenvalue weighted by Crippen LogP contribution is -2.23. The summed E-state index contributed by atoms with van der Waals surface area (Å²) in [5.41, 5.74) is 6.44. The second kappa shape index (κ2) is 3.85. The maximum Gasteiger partial charge on any atom is 0.129 e. The third-order valence-corrected chi connectivity index (χ3v) is 1.88. The molecule has 0 aromatic carbocycles. The van der Waals surface area contributed by atoms with Gasteiger partial charge >= 0.3 is 0 Å². The molecule has 0 aliphatic carbocycles. The van der Waals surface area contributed by atoms with Crippen LogP contribution in [0, 0.1) is 0 Å². The van der Waals surface area contributed by atoms with Gasteiger partial charge in [-0.1, -0.05) is 17.7 Å². The number of nitrogens with two attached hydrogens (primary N) is 1. The van der Waals surface area contributed by atoms with E-state index in [1.165, 1.54) is 0 Å². The minimum Gasteiger partial charge on any atom is -0.391 e.